The zero-order valence-electron chi connectivity index (χ0n) is 26.7. The van der Waals surface area contributed by atoms with Crippen molar-refractivity contribution >= 4 is 53.4 Å². The van der Waals surface area contributed by atoms with E-state index in [1.54, 1.807) is 0 Å². The monoisotopic (exact) mass is 657 g/mol. The molecular weight excluding hydrogens is 631 g/mol. The van der Waals surface area contributed by atoms with Crippen LogP contribution in [0.15, 0.2) is 168 Å². The number of nitrogens with zero attached hydrogens (tertiary/aromatic N) is 3. The number of hydrogen-bond donors (Lipinski definition) is 0. The lowest BCUT2D eigenvalue weighted by molar-refractivity contribution is 0.669. The van der Waals surface area contributed by atoms with Gasteiger partial charge in [-0.05, 0) is 58.7 Å². The van der Waals surface area contributed by atoms with E-state index in [0.717, 1.165) is 49.8 Å². The standard InChI is InChI=1S/C45H27N3OS/c1-2-10-28(11-3-1)29-20-22-30(23-21-29)43-46-44(48-45(47-43)33-24-25-36-35-14-4-6-17-38(35)49-39(36)27-33)32-13-8-12-31(26-32)34-16-9-19-41-42(34)37-15-5-7-18-40(37)50-41/h1-27H. The van der Waals surface area contributed by atoms with Gasteiger partial charge in [0.2, 0.25) is 0 Å². The molecule has 50 heavy (non-hydrogen) atoms. The normalized spacial score (nSPS) is 11.6. The predicted octanol–water partition coefficient (Wildman–Crippen LogP) is 12.5. The molecular formula is C45H27N3OS. The van der Waals surface area contributed by atoms with Gasteiger partial charge in [-0.25, -0.2) is 15.0 Å². The molecule has 4 nitrogen and oxygen atoms in total. The quantitative estimate of drug-likeness (QED) is 0.185. The van der Waals surface area contributed by atoms with Crippen molar-refractivity contribution in [3.8, 4) is 56.4 Å². The summed E-state index contributed by atoms with van der Waals surface area (Å²) < 4.78 is 8.82. The van der Waals surface area contributed by atoms with Crippen molar-refractivity contribution in [1.82, 2.24) is 15.0 Å². The molecule has 0 saturated heterocycles. The lowest BCUT2D eigenvalue weighted by Crippen LogP contribution is -2.00. The van der Waals surface area contributed by atoms with Crippen molar-refractivity contribution in [2.45, 2.75) is 0 Å². The zero-order valence-corrected chi connectivity index (χ0v) is 27.6. The van der Waals surface area contributed by atoms with E-state index in [1.165, 1.54) is 31.3 Å². The lowest BCUT2D eigenvalue weighted by Gasteiger charge is -2.11. The van der Waals surface area contributed by atoms with Gasteiger partial charge in [0.1, 0.15) is 11.2 Å². The Morgan fingerprint density at radius 3 is 1.76 bits per heavy atom. The first-order chi connectivity index (χ1) is 24.7. The van der Waals surface area contributed by atoms with E-state index in [1.807, 2.05) is 41.7 Å². The van der Waals surface area contributed by atoms with E-state index < -0.39 is 0 Å². The Bertz CT molecular complexity index is 2870. The molecule has 3 heterocycles. The third-order valence-electron chi connectivity index (χ3n) is 9.36. The van der Waals surface area contributed by atoms with Gasteiger partial charge in [-0.1, -0.05) is 127 Å². The predicted molar refractivity (Wildman–Crippen MR) is 207 cm³/mol. The minimum atomic E-state index is 0.593. The van der Waals surface area contributed by atoms with Crippen LogP contribution in [0.2, 0.25) is 0 Å². The highest BCUT2D eigenvalue weighted by molar-refractivity contribution is 7.25. The first-order valence-corrected chi connectivity index (χ1v) is 17.4. The largest absolute Gasteiger partial charge is 0.456 e. The minimum Gasteiger partial charge on any atom is -0.456 e. The summed E-state index contributed by atoms with van der Waals surface area (Å²) in [6, 6.07) is 56.9. The van der Waals surface area contributed by atoms with Crippen LogP contribution in [-0.4, -0.2) is 15.0 Å². The number of aromatic nitrogens is 3. The summed E-state index contributed by atoms with van der Waals surface area (Å²) in [6.45, 7) is 0. The van der Waals surface area contributed by atoms with Crippen molar-refractivity contribution in [2.24, 2.45) is 0 Å². The maximum Gasteiger partial charge on any atom is 0.164 e. The van der Waals surface area contributed by atoms with Crippen molar-refractivity contribution < 1.29 is 4.42 Å². The number of hydrogen-bond acceptors (Lipinski definition) is 5. The van der Waals surface area contributed by atoms with Gasteiger partial charge < -0.3 is 4.42 Å². The SMILES string of the molecule is c1ccc(-c2ccc(-c3nc(-c4cccc(-c5cccc6sc7ccccc7c56)c4)nc(-c4ccc5c(c4)oc4ccccc45)n3)cc2)cc1. The van der Waals surface area contributed by atoms with E-state index in [0.29, 0.717) is 17.5 Å². The van der Waals surface area contributed by atoms with Crippen molar-refractivity contribution in [3.05, 3.63) is 164 Å². The molecule has 10 aromatic rings. The Hall–Kier alpha value is -6.43. The fourth-order valence-corrected chi connectivity index (χ4v) is 8.04. The fraction of sp³-hybridized carbons (Fsp3) is 0. The van der Waals surface area contributed by atoms with Crippen molar-refractivity contribution in [1.29, 1.82) is 0 Å². The smallest absolute Gasteiger partial charge is 0.164 e. The van der Waals surface area contributed by atoms with Gasteiger partial charge in [0.25, 0.3) is 0 Å². The van der Waals surface area contributed by atoms with E-state index in [9.17, 15) is 0 Å². The molecule has 5 heteroatoms. The van der Waals surface area contributed by atoms with E-state index in [2.05, 4.69) is 133 Å². The molecule has 0 atom stereocenters. The second-order valence-electron chi connectivity index (χ2n) is 12.4. The van der Waals surface area contributed by atoms with Gasteiger partial charge in [0.15, 0.2) is 17.5 Å². The average molecular weight is 658 g/mol. The molecule has 0 bridgehead atoms. The van der Waals surface area contributed by atoms with Gasteiger partial charge in [-0.3, -0.25) is 0 Å². The molecule has 0 aliphatic rings. The zero-order chi connectivity index (χ0) is 33.0. The molecule has 0 N–H and O–H groups in total. The van der Waals surface area contributed by atoms with Crippen LogP contribution in [0.25, 0.3) is 98.5 Å². The molecule has 0 unspecified atom stereocenters. The number of fused-ring (bicyclic) bond motifs is 6. The van der Waals surface area contributed by atoms with Crippen LogP contribution in [0.5, 0.6) is 0 Å². The Kier molecular flexibility index (Phi) is 6.64. The number of furan rings is 1. The number of rotatable bonds is 5. The molecule has 234 valence electrons. The number of thiophene rings is 1. The molecule has 0 aliphatic heterocycles. The van der Waals surface area contributed by atoms with Crippen LogP contribution < -0.4 is 0 Å². The molecule has 0 saturated carbocycles. The third-order valence-corrected chi connectivity index (χ3v) is 10.5. The van der Waals surface area contributed by atoms with Crippen molar-refractivity contribution in [3.63, 3.8) is 0 Å². The fourth-order valence-electron chi connectivity index (χ4n) is 6.91. The molecule has 0 spiro atoms. The van der Waals surface area contributed by atoms with Crippen LogP contribution in [0.1, 0.15) is 0 Å². The minimum absolute atomic E-state index is 0.593. The van der Waals surface area contributed by atoms with E-state index in [4.69, 9.17) is 19.4 Å². The van der Waals surface area contributed by atoms with Crippen LogP contribution in [0, 0.1) is 0 Å². The third kappa shape index (κ3) is 4.87. The van der Waals surface area contributed by atoms with Crippen LogP contribution in [0.4, 0.5) is 0 Å². The van der Waals surface area contributed by atoms with Gasteiger partial charge >= 0.3 is 0 Å². The highest BCUT2D eigenvalue weighted by Crippen LogP contribution is 2.41. The van der Waals surface area contributed by atoms with Gasteiger partial charge in [-0.2, -0.15) is 0 Å². The summed E-state index contributed by atoms with van der Waals surface area (Å²) in [7, 11) is 0. The van der Waals surface area contributed by atoms with Gasteiger partial charge in [0, 0.05) is 47.6 Å². The number of benzene rings is 7. The summed E-state index contributed by atoms with van der Waals surface area (Å²) in [5.41, 5.74) is 9.01. The Morgan fingerprint density at radius 2 is 0.920 bits per heavy atom. The second-order valence-corrected chi connectivity index (χ2v) is 13.5. The molecule has 3 aromatic heterocycles. The average Bonchev–Trinajstić information content (AvgIpc) is 3.76. The molecule has 7 aromatic carbocycles. The molecule has 0 amide bonds. The summed E-state index contributed by atoms with van der Waals surface area (Å²) in [4.78, 5) is 15.2. The highest BCUT2D eigenvalue weighted by atomic mass is 32.1. The van der Waals surface area contributed by atoms with Gasteiger partial charge in [0.05, 0.1) is 0 Å². The van der Waals surface area contributed by atoms with Crippen LogP contribution >= 0.6 is 11.3 Å². The number of para-hydroxylation sites is 1. The maximum atomic E-state index is 6.25. The maximum absolute atomic E-state index is 6.25. The van der Waals surface area contributed by atoms with Gasteiger partial charge in [-0.15, -0.1) is 11.3 Å². The van der Waals surface area contributed by atoms with Crippen molar-refractivity contribution in [2.75, 3.05) is 0 Å². The lowest BCUT2D eigenvalue weighted by atomic mass is 9.98. The van der Waals surface area contributed by atoms with E-state index >= 15 is 0 Å². The summed E-state index contributed by atoms with van der Waals surface area (Å²) in [6.07, 6.45) is 0. The summed E-state index contributed by atoms with van der Waals surface area (Å²) in [5.74, 6) is 1.83. The van der Waals surface area contributed by atoms with E-state index in [-0.39, 0.29) is 0 Å². The summed E-state index contributed by atoms with van der Waals surface area (Å²) in [5, 5.41) is 4.71. The molecule has 0 aliphatic carbocycles. The van der Waals surface area contributed by atoms with Crippen LogP contribution in [-0.2, 0) is 0 Å². The Morgan fingerprint density at radius 1 is 0.360 bits per heavy atom. The molecule has 10 rings (SSSR count). The Labute approximate surface area is 292 Å². The first-order valence-electron chi connectivity index (χ1n) is 16.6. The molecule has 0 radical (unpaired) electrons. The van der Waals surface area contributed by atoms with Crippen LogP contribution in [0.3, 0.4) is 0 Å². The topological polar surface area (TPSA) is 51.8 Å². The summed E-state index contributed by atoms with van der Waals surface area (Å²) >= 11 is 1.83. The Balaban J connectivity index is 1.13. The highest BCUT2D eigenvalue weighted by Gasteiger charge is 2.17. The first kappa shape index (κ1) is 28.6. The molecule has 0 fully saturated rings. The second kappa shape index (κ2) is 11.6.